The van der Waals surface area contributed by atoms with E-state index >= 15 is 0 Å². The van der Waals surface area contributed by atoms with Gasteiger partial charge >= 0.3 is 0 Å². The normalized spacial score (nSPS) is 10.9. The Labute approximate surface area is 118 Å². The van der Waals surface area contributed by atoms with Crippen LogP contribution in [0.1, 0.15) is 10.4 Å². The second-order valence-electron chi connectivity index (χ2n) is 4.35. The third-order valence-electron chi connectivity index (χ3n) is 3.12. The maximum atomic E-state index is 13.7. The van der Waals surface area contributed by atoms with E-state index in [4.69, 9.17) is 11.6 Å². The third-order valence-corrected chi connectivity index (χ3v) is 3.37. The summed E-state index contributed by atoms with van der Waals surface area (Å²) >= 11 is 5.81. The molecule has 1 aromatic heterocycles. The molecule has 3 aromatic rings. The van der Waals surface area contributed by atoms with Crippen LogP contribution in [0, 0.1) is 11.6 Å². The van der Waals surface area contributed by atoms with E-state index in [1.807, 2.05) is 0 Å². The van der Waals surface area contributed by atoms with Crippen molar-refractivity contribution >= 4 is 28.8 Å². The Morgan fingerprint density at radius 2 is 1.80 bits per heavy atom. The van der Waals surface area contributed by atoms with Crippen LogP contribution in [0.5, 0.6) is 0 Å². The standard InChI is InChI=1S/C15H8ClF2NO/c16-9-3-1-8(2-4-9)14-12(7-20)11-5-10(17)6-13(18)15(11)19-14/h1-7,19H. The molecule has 100 valence electrons. The van der Waals surface area contributed by atoms with Crippen LogP contribution >= 0.6 is 11.6 Å². The molecule has 0 saturated carbocycles. The smallest absolute Gasteiger partial charge is 0.152 e. The largest absolute Gasteiger partial charge is 0.352 e. The van der Waals surface area contributed by atoms with Crippen LogP contribution in [-0.4, -0.2) is 11.3 Å². The van der Waals surface area contributed by atoms with E-state index in [0.717, 1.165) is 12.1 Å². The molecule has 0 bridgehead atoms. The van der Waals surface area contributed by atoms with Crippen LogP contribution in [0.3, 0.4) is 0 Å². The number of halogens is 3. The monoisotopic (exact) mass is 291 g/mol. The van der Waals surface area contributed by atoms with E-state index in [9.17, 15) is 13.6 Å². The van der Waals surface area contributed by atoms with Crippen LogP contribution < -0.4 is 0 Å². The summed E-state index contributed by atoms with van der Waals surface area (Å²) in [4.78, 5) is 14.1. The summed E-state index contributed by atoms with van der Waals surface area (Å²) in [5.41, 5.74) is 1.45. The summed E-state index contributed by atoms with van der Waals surface area (Å²) in [5.74, 6) is -1.46. The van der Waals surface area contributed by atoms with Crippen molar-refractivity contribution in [1.29, 1.82) is 0 Å². The molecule has 1 N–H and O–H groups in total. The van der Waals surface area contributed by atoms with Gasteiger partial charge in [-0.3, -0.25) is 4.79 Å². The molecule has 0 fully saturated rings. The number of rotatable bonds is 2. The molecule has 0 unspecified atom stereocenters. The molecule has 0 saturated heterocycles. The van der Waals surface area contributed by atoms with E-state index in [0.29, 0.717) is 22.6 Å². The van der Waals surface area contributed by atoms with Gasteiger partial charge in [0.05, 0.1) is 11.2 Å². The molecule has 5 heteroatoms. The Morgan fingerprint density at radius 1 is 1.10 bits per heavy atom. The first-order valence-corrected chi connectivity index (χ1v) is 6.20. The summed E-state index contributed by atoms with van der Waals surface area (Å²) in [5, 5.41) is 0.775. The van der Waals surface area contributed by atoms with E-state index in [-0.39, 0.29) is 16.5 Å². The zero-order valence-electron chi connectivity index (χ0n) is 10.1. The van der Waals surface area contributed by atoms with Gasteiger partial charge in [0.25, 0.3) is 0 Å². The van der Waals surface area contributed by atoms with Crippen molar-refractivity contribution in [1.82, 2.24) is 4.98 Å². The van der Waals surface area contributed by atoms with Gasteiger partial charge in [-0.15, -0.1) is 0 Å². The molecule has 2 nitrogen and oxygen atoms in total. The molecule has 0 amide bonds. The van der Waals surface area contributed by atoms with Gasteiger partial charge in [-0.05, 0) is 23.8 Å². The van der Waals surface area contributed by atoms with Crippen molar-refractivity contribution in [3.8, 4) is 11.3 Å². The third kappa shape index (κ3) is 1.98. The summed E-state index contributed by atoms with van der Waals surface area (Å²) < 4.78 is 27.0. The van der Waals surface area contributed by atoms with Crippen LogP contribution in [0.15, 0.2) is 36.4 Å². The summed E-state index contributed by atoms with van der Waals surface area (Å²) in [6, 6.07) is 8.64. The zero-order valence-corrected chi connectivity index (χ0v) is 10.8. The Balaban J connectivity index is 2.33. The number of aromatic nitrogens is 1. The minimum absolute atomic E-state index is 0.110. The minimum atomic E-state index is -0.733. The predicted molar refractivity (Wildman–Crippen MR) is 74.0 cm³/mol. The van der Waals surface area contributed by atoms with Crippen molar-refractivity contribution in [3.63, 3.8) is 0 Å². The highest BCUT2D eigenvalue weighted by molar-refractivity contribution is 6.30. The first kappa shape index (κ1) is 12.8. The van der Waals surface area contributed by atoms with Crippen molar-refractivity contribution in [2.45, 2.75) is 0 Å². The lowest BCUT2D eigenvalue weighted by Gasteiger charge is -1.99. The zero-order chi connectivity index (χ0) is 14.3. The molecular formula is C15H8ClF2NO. The summed E-state index contributed by atoms with van der Waals surface area (Å²) in [6.07, 6.45) is 0.585. The maximum Gasteiger partial charge on any atom is 0.152 e. The van der Waals surface area contributed by atoms with Gasteiger partial charge < -0.3 is 4.98 Å². The number of aldehydes is 1. The number of aromatic amines is 1. The van der Waals surface area contributed by atoms with Crippen LogP contribution in [0.2, 0.25) is 5.02 Å². The molecule has 0 aliphatic carbocycles. The quantitative estimate of drug-likeness (QED) is 0.689. The first-order valence-electron chi connectivity index (χ1n) is 5.82. The first-order chi connectivity index (χ1) is 9.60. The number of H-pyrrole nitrogens is 1. The van der Waals surface area contributed by atoms with Crippen LogP contribution in [0.4, 0.5) is 8.78 Å². The molecule has 0 radical (unpaired) electrons. The van der Waals surface area contributed by atoms with Crippen LogP contribution in [-0.2, 0) is 0 Å². The molecule has 0 aliphatic rings. The molecule has 3 rings (SSSR count). The van der Waals surface area contributed by atoms with Gasteiger partial charge in [-0.25, -0.2) is 8.78 Å². The lowest BCUT2D eigenvalue weighted by molar-refractivity contribution is 0.112. The molecular weight excluding hydrogens is 284 g/mol. The summed E-state index contributed by atoms with van der Waals surface area (Å²) in [6.45, 7) is 0. The fourth-order valence-electron chi connectivity index (χ4n) is 2.21. The molecule has 20 heavy (non-hydrogen) atoms. The van der Waals surface area contributed by atoms with E-state index in [1.165, 1.54) is 0 Å². The second-order valence-corrected chi connectivity index (χ2v) is 4.79. The van der Waals surface area contributed by atoms with Gasteiger partial charge in [0.1, 0.15) is 11.6 Å². The Hall–Kier alpha value is -2.20. The van der Waals surface area contributed by atoms with Gasteiger partial charge in [-0.2, -0.15) is 0 Å². The number of carbonyl (C=O) groups excluding carboxylic acids is 1. The Bertz CT molecular complexity index is 809. The Kier molecular flexibility index (Phi) is 3.03. The highest BCUT2D eigenvalue weighted by Crippen LogP contribution is 2.31. The minimum Gasteiger partial charge on any atom is -0.352 e. The number of hydrogen-bond acceptors (Lipinski definition) is 1. The number of nitrogens with one attached hydrogen (secondary N) is 1. The lowest BCUT2D eigenvalue weighted by atomic mass is 10.1. The van der Waals surface area contributed by atoms with E-state index in [2.05, 4.69) is 4.98 Å². The Morgan fingerprint density at radius 3 is 2.45 bits per heavy atom. The predicted octanol–water partition coefficient (Wildman–Crippen LogP) is 4.58. The van der Waals surface area contributed by atoms with E-state index in [1.54, 1.807) is 24.3 Å². The fourth-order valence-corrected chi connectivity index (χ4v) is 2.33. The van der Waals surface area contributed by atoms with Crippen LogP contribution in [0.25, 0.3) is 22.2 Å². The molecule has 0 atom stereocenters. The molecule has 2 aromatic carbocycles. The topological polar surface area (TPSA) is 32.9 Å². The number of hydrogen-bond donors (Lipinski definition) is 1. The number of benzene rings is 2. The van der Waals surface area contributed by atoms with Gasteiger partial charge in [0.2, 0.25) is 0 Å². The van der Waals surface area contributed by atoms with Crippen molar-refractivity contribution in [2.24, 2.45) is 0 Å². The SMILES string of the molecule is O=Cc1c(-c2ccc(Cl)cc2)[nH]c2c(F)cc(F)cc12. The van der Waals surface area contributed by atoms with Gasteiger partial charge in [0, 0.05) is 22.0 Å². The lowest BCUT2D eigenvalue weighted by Crippen LogP contribution is -1.84. The van der Waals surface area contributed by atoms with Gasteiger partial charge in [0.15, 0.2) is 6.29 Å². The average Bonchev–Trinajstić information content (AvgIpc) is 2.78. The number of carbonyl (C=O) groups is 1. The number of fused-ring (bicyclic) bond motifs is 1. The molecule has 0 spiro atoms. The summed E-state index contributed by atoms with van der Waals surface area (Å²) in [7, 11) is 0. The van der Waals surface area contributed by atoms with Crippen molar-refractivity contribution in [2.75, 3.05) is 0 Å². The van der Waals surface area contributed by atoms with E-state index < -0.39 is 11.6 Å². The highest BCUT2D eigenvalue weighted by Gasteiger charge is 2.16. The maximum absolute atomic E-state index is 13.7. The molecule has 0 aliphatic heterocycles. The second kappa shape index (κ2) is 4.72. The van der Waals surface area contributed by atoms with Crippen molar-refractivity contribution in [3.05, 3.63) is 58.6 Å². The average molecular weight is 292 g/mol. The molecule has 1 heterocycles. The highest BCUT2D eigenvalue weighted by atomic mass is 35.5. The fraction of sp³-hybridized carbons (Fsp3) is 0. The van der Waals surface area contributed by atoms with Gasteiger partial charge in [-0.1, -0.05) is 23.7 Å². The van der Waals surface area contributed by atoms with Crippen molar-refractivity contribution < 1.29 is 13.6 Å².